The minimum absolute atomic E-state index is 0.0802. The minimum Gasteiger partial charge on any atom is -0.378 e. The highest BCUT2D eigenvalue weighted by atomic mass is 16.5. The first-order chi connectivity index (χ1) is 10.2. The van der Waals surface area contributed by atoms with E-state index in [1.54, 1.807) is 0 Å². The molecular formula is C17H26N2O2. The van der Waals surface area contributed by atoms with Gasteiger partial charge in [0.15, 0.2) is 0 Å². The number of carbonyl (C=O) groups is 1. The van der Waals surface area contributed by atoms with Crippen LogP contribution < -0.4 is 10.6 Å². The van der Waals surface area contributed by atoms with Crippen molar-refractivity contribution in [3.8, 4) is 0 Å². The van der Waals surface area contributed by atoms with Gasteiger partial charge >= 0.3 is 0 Å². The molecule has 1 aliphatic rings. The summed E-state index contributed by atoms with van der Waals surface area (Å²) in [6, 6.07) is 8.39. The first kappa shape index (κ1) is 16.0. The molecule has 1 aromatic rings. The molecule has 116 valence electrons. The molecular weight excluding hydrogens is 264 g/mol. The molecule has 1 aliphatic heterocycles. The lowest BCUT2D eigenvalue weighted by Gasteiger charge is -2.22. The standard InChI is InChI=1S/C17H26N2O2/c1-14-3-2-4-15(13-14)5-11-19-17(20)8-12-21-16-6-9-18-10-7-16/h2-4,13,16,18H,5-12H2,1H3,(H,19,20). The van der Waals surface area contributed by atoms with Gasteiger partial charge < -0.3 is 15.4 Å². The van der Waals surface area contributed by atoms with Crippen LogP contribution in [0.2, 0.25) is 0 Å². The number of nitrogens with one attached hydrogen (secondary N) is 2. The summed E-state index contributed by atoms with van der Waals surface area (Å²) in [6.07, 6.45) is 3.76. The number of carbonyl (C=O) groups excluding carboxylic acids is 1. The van der Waals surface area contributed by atoms with E-state index >= 15 is 0 Å². The van der Waals surface area contributed by atoms with E-state index in [4.69, 9.17) is 4.74 Å². The van der Waals surface area contributed by atoms with Gasteiger partial charge in [0.1, 0.15) is 0 Å². The van der Waals surface area contributed by atoms with Gasteiger partial charge in [-0.3, -0.25) is 4.79 Å². The van der Waals surface area contributed by atoms with E-state index in [-0.39, 0.29) is 5.91 Å². The van der Waals surface area contributed by atoms with Crippen LogP contribution in [0.1, 0.15) is 30.4 Å². The van der Waals surface area contributed by atoms with Crippen LogP contribution in [0.4, 0.5) is 0 Å². The normalized spacial score (nSPS) is 15.9. The number of ether oxygens (including phenoxy) is 1. The molecule has 0 bridgehead atoms. The molecule has 0 aromatic heterocycles. The third-order valence-corrected chi connectivity index (χ3v) is 3.79. The molecule has 1 amide bonds. The Hall–Kier alpha value is -1.39. The predicted octanol–water partition coefficient (Wildman–Crippen LogP) is 1.81. The Kier molecular flexibility index (Phi) is 6.70. The summed E-state index contributed by atoms with van der Waals surface area (Å²) in [4.78, 5) is 11.7. The highest BCUT2D eigenvalue weighted by molar-refractivity contribution is 5.75. The molecule has 2 N–H and O–H groups in total. The van der Waals surface area contributed by atoms with Crippen molar-refractivity contribution in [2.45, 2.75) is 38.7 Å². The third-order valence-electron chi connectivity index (χ3n) is 3.79. The second-order valence-electron chi connectivity index (χ2n) is 5.66. The molecule has 2 rings (SSSR count). The van der Waals surface area contributed by atoms with Gasteiger partial charge in [0.25, 0.3) is 0 Å². The zero-order valence-corrected chi connectivity index (χ0v) is 12.9. The number of benzene rings is 1. The second-order valence-corrected chi connectivity index (χ2v) is 5.66. The summed E-state index contributed by atoms with van der Waals surface area (Å²) in [5, 5.41) is 6.26. The summed E-state index contributed by atoms with van der Waals surface area (Å²) in [6.45, 7) is 5.34. The van der Waals surface area contributed by atoms with Gasteiger partial charge in [0.05, 0.1) is 12.7 Å². The fraction of sp³-hybridized carbons (Fsp3) is 0.588. The van der Waals surface area contributed by atoms with Crippen molar-refractivity contribution < 1.29 is 9.53 Å². The van der Waals surface area contributed by atoms with Crippen LogP contribution in [0, 0.1) is 6.92 Å². The third kappa shape index (κ3) is 6.27. The Morgan fingerprint density at radius 2 is 2.19 bits per heavy atom. The van der Waals surface area contributed by atoms with E-state index < -0.39 is 0 Å². The minimum atomic E-state index is 0.0802. The Balaban J connectivity index is 1.55. The summed E-state index contributed by atoms with van der Waals surface area (Å²) in [7, 11) is 0. The zero-order valence-electron chi connectivity index (χ0n) is 12.9. The Bertz CT molecular complexity index is 442. The predicted molar refractivity (Wildman–Crippen MR) is 84.4 cm³/mol. The van der Waals surface area contributed by atoms with Gasteiger partial charge in [-0.2, -0.15) is 0 Å². The smallest absolute Gasteiger partial charge is 0.222 e. The van der Waals surface area contributed by atoms with Crippen molar-refractivity contribution in [3.63, 3.8) is 0 Å². The Labute approximate surface area is 127 Å². The fourth-order valence-corrected chi connectivity index (χ4v) is 2.58. The van der Waals surface area contributed by atoms with Crippen molar-refractivity contribution in [3.05, 3.63) is 35.4 Å². The van der Waals surface area contributed by atoms with E-state index in [0.717, 1.165) is 32.4 Å². The summed E-state index contributed by atoms with van der Waals surface area (Å²) >= 11 is 0. The lowest BCUT2D eigenvalue weighted by atomic mass is 10.1. The molecule has 0 spiro atoms. The molecule has 0 unspecified atom stereocenters. The Morgan fingerprint density at radius 1 is 1.38 bits per heavy atom. The van der Waals surface area contributed by atoms with E-state index in [1.165, 1.54) is 11.1 Å². The van der Waals surface area contributed by atoms with Crippen LogP contribution >= 0.6 is 0 Å². The Morgan fingerprint density at radius 3 is 2.95 bits per heavy atom. The van der Waals surface area contributed by atoms with Crippen LogP contribution in [0.15, 0.2) is 24.3 Å². The summed E-state index contributed by atoms with van der Waals surface area (Å²) < 4.78 is 5.73. The van der Waals surface area contributed by atoms with Crippen molar-refractivity contribution in [1.29, 1.82) is 0 Å². The van der Waals surface area contributed by atoms with Gasteiger partial charge in [-0.25, -0.2) is 0 Å². The fourth-order valence-electron chi connectivity index (χ4n) is 2.58. The average Bonchev–Trinajstić information content (AvgIpc) is 2.48. The molecule has 1 saturated heterocycles. The molecule has 4 nitrogen and oxygen atoms in total. The lowest BCUT2D eigenvalue weighted by Crippen LogP contribution is -2.33. The summed E-state index contributed by atoms with van der Waals surface area (Å²) in [5.74, 6) is 0.0802. The van der Waals surface area contributed by atoms with E-state index in [2.05, 4.69) is 41.8 Å². The van der Waals surface area contributed by atoms with E-state index in [9.17, 15) is 4.79 Å². The lowest BCUT2D eigenvalue weighted by molar-refractivity contribution is -0.122. The largest absolute Gasteiger partial charge is 0.378 e. The molecule has 0 radical (unpaired) electrons. The molecule has 1 aromatic carbocycles. The number of amides is 1. The van der Waals surface area contributed by atoms with Crippen LogP contribution in [-0.2, 0) is 16.0 Å². The second kappa shape index (κ2) is 8.80. The quantitative estimate of drug-likeness (QED) is 0.805. The van der Waals surface area contributed by atoms with Crippen LogP contribution in [0.25, 0.3) is 0 Å². The van der Waals surface area contributed by atoms with E-state index in [0.29, 0.717) is 25.7 Å². The molecule has 0 saturated carbocycles. The number of hydrogen-bond acceptors (Lipinski definition) is 3. The maximum atomic E-state index is 11.7. The average molecular weight is 290 g/mol. The van der Waals surface area contributed by atoms with Gasteiger partial charge in [-0.1, -0.05) is 29.8 Å². The maximum absolute atomic E-state index is 11.7. The summed E-state index contributed by atoms with van der Waals surface area (Å²) in [5.41, 5.74) is 2.52. The van der Waals surface area contributed by atoms with Crippen LogP contribution in [0.3, 0.4) is 0 Å². The molecule has 0 aliphatic carbocycles. The van der Waals surface area contributed by atoms with Gasteiger partial charge in [-0.15, -0.1) is 0 Å². The molecule has 4 heteroatoms. The van der Waals surface area contributed by atoms with Crippen LogP contribution in [0.5, 0.6) is 0 Å². The van der Waals surface area contributed by atoms with Crippen molar-refractivity contribution in [2.75, 3.05) is 26.2 Å². The highest BCUT2D eigenvalue weighted by Gasteiger charge is 2.13. The van der Waals surface area contributed by atoms with Crippen molar-refractivity contribution >= 4 is 5.91 Å². The monoisotopic (exact) mass is 290 g/mol. The SMILES string of the molecule is Cc1cccc(CCNC(=O)CCOC2CCNCC2)c1. The molecule has 21 heavy (non-hydrogen) atoms. The first-order valence-electron chi connectivity index (χ1n) is 7.88. The highest BCUT2D eigenvalue weighted by Crippen LogP contribution is 2.07. The number of hydrogen-bond donors (Lipinski definition) is 2. The maximum Gasteiger partial charge on any atom is 0.222 e. The van der Waals surface area contributed by atoms with Gasteiger partial charge in [0, 0.05) is 13.0 Å². The first-order valence-corrected chi connectivity index (χ1v) is 7.88. The van der Waals surface area contributed by atoms with Crippen LogP contribution in [-0.4, -0.2) is 38.3 Å². The van der Waals surface area contributed by atoms with Gasteiger partial charge in [0.2, 0.25) is 5.91 Å². The molecule has 1 heterocycles. The molecule has 0 atom stereocenters. The number of piperidine rings is 1. The zero-order chi connectivity index (χ0) is 14.9. The number of rotatable bonds is 7. The van der Waals surface area contributed by atoms with Crippen molar-refractivity contribution in [2.24, 2.45) is 0 Å². The van der Waals surface area contributed by atoms with Crippen molar-refractivity contribution in [1.82, 2.24) is 10.6 Å². The topological polar surface area (TPSA) is 50.4 Å². The number of aryl methyl sites for hydroxylation is 1. The van der Waals surface area contributed by atoms with Gasteiger partial charge in [-0.05, 0) is 44.8 Å². The molecule has 1 fully saturated rings. The van der Waals surface area contributed by atoms with E-state index in [1.807, 2.05) is 0 Å².